The van der Waals surface area contributed by atoms with Gasteiger partial charge >= 0.3 is 5.32 Å². The van der Waals surface area contributed by atoms with Gasteiger partial charge in [0.25, 0.3) is 0 Å². The summed E-state index contributed by atoms with van der Waals surface area (Å²) in [5.41, 5.74) is 0.206. The molecular formula is C3H7Cl3P+. The fourth-order valence-corrected chi connectivity index (χ4v) is 0. The summed E-state index contributed by atoms with van der Waals surface area (Å²) < 4.78 is 0. The van der Waals surface area contributed by atoms with E-state index in [1.807, 2.05) is 13.8 Å². The molecule has 0 aromatic carbocycles. The molecule has 0 bridgehead atoms. The van der Waals surface area contributed by atoms with Crippen LogP contribution in [0.4, 0.5) is 0 Å². The average molecular weight is 180 g/mol. The third-order valence-corrected chi connectivity index (χ3v) is 5.27. The first kappa shape index (κ1) is 8.30. The molecule has 0 nitrogen and oxygen atoms in total. The maximum Gasteiger partial charge on any atom is 0.310 e. The third-order valence-electron chi connectivity index (χ3n) is 0.586. The highest BCUT2D eigenvalue weighted by Crippen LogP contribution is 2.76. The predicted octanol–water partition coefficient (Wildman–Crippen LogP) is 3.87. The summed E-state index contributed by atoms with van der Waals surface area (Å²) in [7, 11) is 0. The van der Waals surface area contributed by atoms with Crippen LogP contribution in [0.15, 0.2) is 0 Å². The molecule has 4 heteroatoms. The van der Waals surface area contributed by atoms with Crippen molar-refractivity contribution < 1.29 is 0 Å². The second kappa shape index (κ2) is 2.73. The summed E-state index contributed by atoms with van der Waals surface area (Å²) in [5, 5.41) is -2.07. The third kappa shape index (κ3) is 3.85. The minimum Gasteiger partial charge on any atom is -0.0242 e. The summed E-state index contributed by atoms with van der Waals surface area (Å²) in [6, 6.07) is 0. The smallest absolute Gasteiger partial charge is 0.0242 e. The molecule has 0 aromatic heterocycles. The van der Waals surface area contributed by atoms with Gasteiger partial charge in [-0.05, 0) is 13.8 Å². The molecule has 0 unspecified atom stereocenters. The molecule has 0 heterocycles. The van der Waals surface area contributed by atoms with Gasteiger partial charge in [0, 0.05) is 0 Å². The summed E-state index contributed by atoms with van der Waals surface area (Å²) >= 11 is 16.5. The lowest BCUT2D eigenvalue weighted by atomic mass is 10.6. The van der Waals surface area contributed by atoms with Gasteiger partial charge < -0.3 is 0 Å². The zero-order valence-corrected chi connectivity index (χ0v) is 7.32. The van der Waals surface area contributed by atoms with Crippen LogP contribution in [0.25, 0.3) is 0 Å². The lowest BCUT2D eigenvalue weighted by Crippen LogP contribution is -1.85. The Balaban J connectivity index is 3.54. The van der Waals surface area contributed by atoms with Gasteiger partial charge in [0.05, 0.1) is 0 Å². The highest BCUT2D eigenvalue weighted by Gasteiger charge is 2.36. The first-order valence-corrected chi connectivity index (χ1v) is 6.49. The molecule has 0 atom stereocenters. The van der Waals surface area contributed by atoms with Crippen LogP contribution in [0.2, 0.25) is 0 Å². The molecule has 0 radical (unpaired) electrons. The van der Waals surface area contributed by atoms with Gasteiger partial charge in [0.2, 0.25) is 0 Å². The molecule has 0 amide bonds. The fraction of sp³-hybridized carbons (Fsp3) is 1.00. The standard InChI is InChI=1S/C3H7Cl3P/c1-3(2)7(4,5)6/h3H,1-2H3/q+1. The van der Waals surface area contributed by atoms with Gasteiger partial charge in [0.15, 0.2) is 0 Å². The SMILES string of the molecule is CC(C)[P+](Cl)(Cl)Cl. The number of hydrogen-bond donors (Lipinski definition) is 0. The van der Waals surface area contributed by atoms with Crippen LogP contribution >= 0.6 is 39.0 Å². The van der Waals surface area contributed by atoms with Crippen molar-refractivity contribution in [3.8, 4) is 0 Å². The van der Waals surface area contributed by atoms with Gasteiger partial charge in [-0.3, -0.25) is 0 Å². The van der Waals surface area contributed by atoms with Crippen molar-refractivity contribution in [2.45, 2.75) is 19.5 Å². The van der Waals surface area contributed by atoms with Gasteiger partial charge in [-0.25, -0.2) is 0 Å². The van der Waals surface area contributed by atoms with Crippen molar-refractivity contribution in [1.82, 2.24) is 0 Å². The summed E-state index contributed by atoms with van der Waals surface area (Å²) in [4.78, 5) is 0. The maximum absolute atomic E-state index is 5.51. The summed E-state index contributed by atoms with van der Waals surface area (Å²) in [6.07, 6.45) is 0. The van der Waals surface area contributed by atoms with E-state index in [0.717, 1.165) is 0 Å². The van der Waals surface area contributed by atoms with Crippen molar-refractivity contribution in [1.29, 1.82) is 0 Å². The van der Waals surface area contributed by atoms with E-state index in [1.54, 1.807) is 0 Å². The van der Waals surface area contributed by atoms with Crippen LogP contribution in [0, 0.1) is 0 Å². The van der Waals surface area contributed by atoms with Crippen molar-refractivity contribution in [2.24, 2.45) is 0 Å². The van der Waals surface area contributed by atoms with Gasteiger partial charge in [-0.1, -0.05) is 0 Å². The molecule has 0 aliphatic carbocycles. The molecule has 0 aliphatic heterocycles. The highest BCUT2D eigenvalue weighted by molar-refractivity contribution is 8.33. The van der Waals surface area contributed by atoms with Crippen LogP contribution in [-0.2, 0) is 0 Å². The minimum atomic E-state index is -2.07. The largest absolute Gasteiger partial charge is 0.310 e. The fourth-order valence-electron chi connectivity index (χ4n) is 0. The molecule has 0 saturated carbocycles. The van der Waals surface area contributed by atoms with E-state index in [-0.39, 0.29) is 5.66 Å². The van der Waals surface area contributed by atoms with Gasteiger partial charge in [-0.15, -0.1) is 0 Å². The van der Waals surface area contributed by atoms with E-state index in [1.165, 1.54) is 0 Å². The monoisotopic (exact) mass is 179 g/mol. The zero-order chi connectivity index (χ0) is 6.08. The summed E-state index contributed by atoms with van der Waals surface area (Å²) in [6.45, 7) is 3.81. The quantitative estimate of drug-likeness (QED) is 0.537. The van der Waals surface area contributed by atoms with E-state index in [0.29, 0.717) is 0 Å². The molecule has 44 valence electrons. The van der Waals surface area contributed by atoms with Crippen molar-refractivity contribution in [2.75, 3.05) is 0 Å². The van der Waals surface area contributed by atoms with Crippen molar-refractivity contribution in [3.63, 3.8) is 0 Å². The molecule has 0 rings (SSSR count). The van der Waals surface area contributed by atoms with E-state index >= 15 is 0 Å². The maximum atomic E-state index is 5.51. The molecule has 0 aromatic rings. The minimum absolute atomic E-state index is 0.206. The van der Waals surface area contributed by atoms with Crippen LogP contribution in [-0.4, -0.2) is 5.66 Å². The first-order chi connectivity index (χ1) is 2.94. The Kier molecular flexibility index (Phi) is 3.24. The highest BCUT2D eigenvalue weighted by atomic mass is 36.1. The van der Waals surface area contributed by atoms with Gasteiger partial charge in [-0.2, -0.15) is 0 Å². The van der Waals surface area contributed by atoms with Crippen molar-refractivity contribution >= 4 is 39.0 Å². The predicted molar refractivity (Wildman–Crippen MR) is 39.6 cm³/mol. The van der Waals surface area contributed by atoms with Gasteiger partial charge in [0.1, 0.15) is 39.4 Å². The molecular weight excluding hydrogens is 173 g/mol. The molecule has 0 saturated heterocycles. The van der Waals surface area contributed by atoms with Crippen LogP contribution in [0.5, 0.6) is 0 Å². The molecule has 0 aliphatic rings. The van der Waals surface area contributed by atoms with Crippen LogP contribution < -0.4 is 0 Å². The van der Waals surface area contributed by atoms with E-state index in [9.17, 15) is 0 Å². The van der Waals surface area contributed by atoms with E-state index < -0.39 is 5.32 Å². The Labute approximate surface area is 58.8 Å². The molecule has 7 heavy (non-hydrogen) atoms. The van der Waals surface area contributed by atoms with Crippen LogP contribution in [0.3, 0.4) is 0 Å². The number of halogens is 3. The molecule has 0 fully saturated rings. The Bertz CT molecular complexity index is 55.7. The van der Waals surface area contributed by atoms with E-state index in [2.05, 4.69) is 0 Å². The topological polar surface area (TPSA) is 0 Å². The lowest BCUT2D eigenvalue weighted by molar-refractivity contribution is 1.11. The Morgan fingerprint density at radius 1 is 1.14 bits per heavy atom. The van der Waals surface area contributed by atoms with E-state index in [4.69, 9.17) is 33.7 Å². The lowest BCUT2D eigenvalue weighted by Gasteiger charge is -2.00. The zero-order valence-electron chi connectivity index (χ0n) is 4.16. The number of hydrogen-bond acceptors (Lipinski definition) is 0. The first-order valence-electron chi connectivity index (χ1n) is 1.92. The Hall–Kier alpha value is 1.30. The van der Waals surface area contributed by atoms with Crippen LogP contribution in [0.1, 0.15) is 13.8 Å². The second-order valence-corrected chi connectivity index (χ2v) is 9.94. The average Bonchev–Trinajstić information content (AvgIpc) is 1.31. The Morgan fingerprint density at radius 3 is 1.29 bits per heavy atom. The van der Waals surface area contributed by atoms with Crippen molar-refractivity contribution in [3.05, 3.63) is 0 Å². The molecule has 0 spiro atoms. The normalized spacial score (nSPS) is 12.9. The molecule has 0 N–H and O–H groups in total. The second-order valence-electron chi connectivity index (χ2n) is 1.58. The Morgan fingerprint density at radius 2 is 1.29 bits per heavy atom. The number of rotatable bonds is 1. The summed E-state index contributed by atoms with van der Waals surface area (Å²) in [5.74, 6) is 0.